The molecule has 1 heterocycles. The van der Waals surface area contributed by atoms with Gasteiger partial charge in [0, 0.05) is 6.42 Å². The molecule has 0 radical (unpaired) electrons. The molecule has 64 valence electrons. The summed E-state index contributed by atoms with van der Waals surface area (Å²) in [5.74, 6) is 0.743. The number of rotatable bonds is 4. The van der Waals surface area contributed by atoms with Gasteiger partial charge < -0.3 is 5.73 Å². The second-order valence-corrected chi connectivity index (χ2v) is 2.27. The number of nitrogens with zero attached hydrogens (tertiary/aromatic N) is 5. The van der Waals surface area contributed by atoms with Gasteiger partial charge in [-0.2, -0.15) is 5.26 Å². The molecule has 0 atom stereocenters. The van der Waals surface area contributed by atoms with Gasteiger partial charge in [-0.25, -0.2) is 4.68 Å². The quantitative estimate of drug-likeness (QED) is 0.624. The van der Waals surface area contributed by atoms with E-state index in [0.717, 1.165) is 5.82 Å². The molecule has 6 heteroatoms. The third kappa shape index (κ3) is 2.00. The fourth-order valence-electron chi connectivity index (χ4n) is 0.861. The molecule has 1 aromatic rings. The molecule has 0 spiro atoms. The van der Waals surface area contributed by atoms with Gasteiger partial charge in [-0.3, -0.25) is 0 Å². The highest BCUT2D eigenvalue weighted by Crippen LogP contribution is 1.93. The lowest BCUT2D eigenvalue weighted by Crippen LogP contribution is -2.11. The van der Waals surface area contributed by atoms with Gasteiger partial charge in [0.05, 0.1) is 19.0 Å². The van der Waals surface area contributed by atoms with E-state index in [4.69, 9.17) is 11.0 Å². The van der Waals surface area contributed by atoms with E-state index in [1.807, 2.05) is 6.07 Å². The average Bonchev–Trinajstić information content (AvgIpc) is 2.50. The first-order valence-corrected chi connectivity index (χ1v) is 3.70. The van der Waals surface area contributed by atoms with Crippen LogP contribution in [0.25, 0.3) is 0 Å². The molecule has 0 aliphatic carbocycles. The van der Waals surface area contributed by atoms with Gasteiger partial charge in [0.25, 0.3) is 0 Å². The zero-order chi connectivity index (χ0) is 8.81. The summed E-state index contributed by atoms with van der Waals surface area (Å²) in [6.07, 6.45) is 1.07. The molecule has 6 nitrogen and oxygen atoms in total. The molecule has 0 amide bonds. The standard InChI is InChI=1S/C6H10N6/c7-3-1-5-12-6(2-4-8)9-10-11-12/h1-2,4-5,8H2. The van der Waals surface area contributed by atoms with Crippen molar-refractivity contribution in [2.24, 2.45) is 5.73 Å². The Bertz CT molecular complexity index is 272. The molecule has 0 aromatic carbocycles. The average molecular weight is 166 g/mol. The Labute approximate surface area is 70.0 Å². The molecule has 0 fully saturated rings. The Morgan fingerprint density at radius 1 is 1.58 bits per heavy atom. The monoisotopic (exact) mass is 166 g/mol. The van der Waals surface area contributed by atoms with E-state index >= 15 is 0 Å². The zero-order valence-corrected chi connectivity index (χ0v) is 6.64. The van der Waals surface area contributed by atoms with Gasteiger partial charge in [0.1, 0.15) is 0 Å². The van der Waals surface area contributed by atoms with Crippen LogP contribution in [0.15, 0.2) is 0 Å². The zero-order valence-electron chi connectivity index (χ0n) is 6.64. The van der Waals surface area contributed by atoms with Crippen molar-refractivity contribution in [2.75, 3.05) is 6.54 Å². The molecule has 2 N–H and O–H groups in total. The van der Waals surface area contributed by atoms with E-state index in [1.54, 1.807) is 4.68 Å². The minimum Gasteiger partial charge on any atom is -0.330 e. The summed E-state index contributed by atoms with van der Waals surface area (Å²) in [6.45, 7) is 1.06. The summed E-state index contributed by atoms with van der Waals surface area (Å²) in [5, 5.41) is 19.3. The normalized spacial score (nSPS) is 9.67. The van der Waals surface area contributed by atoms with Crippen LogP contribution in [-0.2, 0) is 13.0 Å². The van der Waals surface area contributed by atoms with Gasteiger partial charge in [0.2, 0.25) is 0 Å². The van der Waals surface area contributed by atoms with Crippen LogP contribution in [0.3, 0.4) is 0 Å². The van der Waals surface area contributed by atoms with Crippen molar-refractivity contribution in [2.45, 2.75) is 19.4 Å². The number of nitriles is 1. The summed E-state index contributed by atoms with van der Waals surface area (Å²) in [7, 11) is 0. The Hall–Kier alpha value is -1.48. The van der Waals surface area contributed by atoms with Gasteiger partial charge in [-0.05, 0) is 17.0 Å². The van der Waals surface area contributed by atoms with Crippen LogP contribution in [0.5, 0.6) is 0 Å². The van der Waals surface area contributed by atoms with Crippen LogP contribution in [0.1, 0.15) is 12.2 Å². The molecule has 12 heavy (non-hydrogen) atoms. The van der Waals surface area contributed by atoms with Crippen molar-refractivity contribution >= 4 is 0 Å². The predicted molar refractivity (Wildman–Crippen MR) is 40.8 cm³/mol. The second-order valence-electron chi connectivity index (χ2n) is 2.27. The van der Waals surface area contributed by atoms with Crippen molar-refractivity contribution in [3.8, 4) is 6.07 Å². The van der Waals surface area contributed by atoms with Crippen LogP contribution in [0, 0.1) is 11.3 Å². The number of aromatic nitrogens is 4. The van der Waals surface area contributed by atoms with Crippen LogP contribution >= 0.6 is 0 Å². The van der Waals surface area contributed by atoms with Crippen LogP contribution < -0.4 is 5.73 Å². The Balaban J connectivity index is 2.58. The van der Waals surface area contributed by atoms with E-state index in [1.165, 1.54) is 0 Å². The number of aryl methyl sites for hydroxylation is 1. The molecular formula is C6H10N6. The first-order valence-electron chi connectivity index (χ1n) is 3.70. The van der Waals surface area contributed by atoms with Crippen molar-refractivity contribution in [1.29, 1.82) is 5.26 Å². The van der Waals surface area contributed by atoms with E-state index in [-0.39, 0.29) is 0 Å². The summed E-state index contributed by atoms with van der Waals surface area (Å²) < 4.78 is 1.61. The highest BCUT2D eigenvalue weighted by Gasteiger charge is 2.02. The molecule has 1 rings (SSSR count). The number of hydrogen-bond acceptors (Lipinski definition) is 5. The van der Waals surface area contributed by atoms with Crippen molar-refractivity contribution < 1.29 is 0 Å². The largest absolute Gasteiger partial charge is 0.330 e. The molecule has 0 saturated carbocycles. The Morgan fingerprint density at radius 3 is 3.08 bits per heavy atom. The molecule has 0 bridgehead atoms. The van der Waals surface area contributed by atoms with Crippen LogP contribution in [0.4, 0.5) is 0 Å². The van der Waals surface area contributed by atoms with E-state index in [2.05, 4.69) is 15.5 Å². The van der Waals surface area contributed by atoms with E-state index < -0.39 is 0 Å². The predicted octanol–water partition coefficient (Wildman–Crippen LogP) is -0.912. The SMILES string of the molecule is N#CCCn1nnnc1CCN. The lowest BCUT2D eigenvalue weighted by Gasteiger charge is -1.98. The summed E-state index contributed by atoms with van der Waals surface area (Å²) >= 11 is 0. The lowest BCUT2D eigenvalue weighted by atomic mass is 10.4. The third-order valence-electron chi connectivity index (χ3n) is 1.41. The van der Waals surface area contributed by atoms with Crippen molar-refractivity contribution in [1.82, 2.24) is 20.2 Å². The second kappa shape index (κ2) is 4.41. The lowest BCUT2D eigenvalue weighted by molar-refractivity contribution is 0.573. The highest BCUT2D eigenvalue weighted by molar-refractivity contribution is 4.82. The maximum absolute atomic E-state index is 8.33. The minimum atomic E-state index is 0.419. The fraction of sp³-hybridized carbons (Fsp3) is 0.667. The fourth-order valence-corrected chi connectivity index (χ4v) is 0.861. The molecule has 1 aromatic heterocycles. The Kier molecular flexibility index (Phi) is 3.17. The van der Waals surface area contributed by atoms with Crippen molar-refractivity contribution in [3.05, 3.63) is 5.82 Å². The van der Waals surface area contributed by atoms with Gasteiger partial charge in [-0.1, -0.05) is 0 Å². The van der Waals surface area contributed by atoms with Gasteiger partial charge in [0.15, 0.2) is 5.82 Å². The van der Waals surface area contributed by atoms with Crippen molar-refractivity contribution in [3.63, 3.8) is 0 Å². The number of tetrazole rings is 1. The molecule has 0 aliphatic heterocycles. The minimum absolute atomic E-state index is 0.419. The molecule has 0 saturated heterocycles. The smallest absolute Gasteiger partial charge is 0.152 e. The third-order valence-corrected chi connectivity index (χ3v) is 1.41. The summed E-state index contributed by atoms with van der Waals surface area (Å²) in [5.41, 5.74) is 5.34. The molecular weight excluding hydrogens is 156 g/mol. The first-order chi connectivity index (χ1) is 5.88. The van der Waals surface area contributed by atoms with Crippen LogP contribution in [-0.4, -0.2) is 26.8 Å². The van der Waals surface area contributed by atoms with E-state index in [9.17, 15) is 0 Å². The van der Waals surface area contributed by atoms with E-state index in [0.29, 0.717) is 25.9 Å². The highest BCUT2D eigenvalue weighted by atomic mass is 15.5. The van der Waals surface area contributed by atoms with Gasteiger partial charge in [-0.15, -0.1) is 5.10 Å². The Morgan fingerprint density at radius 2 is 2.42 bits per heavy atom. The summed E-state index contributed by atoms with van der Waals surface area (Å²) in [4.78, 5) is 0. The maximum atomic E-state index is 8.33. The number of nitrogens with two attached hydrogens (primary N) is 1. The summed E-state index contributed by atoms with van der Waals surface area (Å²) in [6, 6.07) is 2.03. The number of hydrogen-bond donors (Lipinski definition) is 1. The van der Waals surface area contributed by atoms with Crippen LogP contribution in [0.2, 0.25) is 0 Å². The molecule has 0 aliphatic rings. The first kappa shape index (κ1) is 8.62. The molecule has 0 unspecified atom stereocenters. The maximum Gasteiger partial charge on any atom is 0.152 e. The van der Waals surface area contributed by atoms with Gasteiger partial charge >= 0.3 is 0 Å². The topological polar surface area (TPSA) is 93.4 Å².